The first kappa shape index (κ1) is 35.7. The molecule has 0 aromatic rings. The summed E-state index contributed by atoms with van der Waals surface area (Å²) in [6.07, 6.45) is -2.31. The quantitative estimate of drug-likeness (QED) is 0.175. The molecule has 0 saturated carbocycles. The van der Waals surface area contributed by atoms with Gasteiger partial charge in [0.15, 0.2) is 24.6 Å². The molecule has 0 spiro atoms. The van der Waals surface area contributed by atoms with Crippen molar-refractivity contribution in [3.63, 3.8) is 0 Å². The molecule has 0 aromatic carbocycles. The van der Waals surface area contributed by atoms with Crippen LogP contribution >= 0.6 is 0 Å². The van der Waals surface area contributed by atoms with E-state index >= 15 is 0 Å². The average Bonchev–Trinajstić information content (AvgIpc) is 2.88. The van der Waals surface area contributed by atoms with Crippen LogP contribution < -0.4 is 0 Å². The Labute approximate surface area is 245 Å². The van der Waals surface area contributed by atoms with Gasteiger partial charge in [-0.05, 0) is 49.5 Å². The van der Waals surface area contributed by atoms with E-state index in [1.807, 2.05) is 0 Å². The van der Waals surface area contributed by atoms with Crippen LogP contribution in [0.3, 0.4) is 0 Å². The average molecular weight is 589 g/mol. The van der Waals surface area contributed by atoms with E-state index in [-0.39, 0.29) is 19.6 Å². The normalized spacial score (nSPS) is 21.5. The number of allylic oxidation sites excluding steroid dienone is 2. The predicted octanol–water partition coefficient (Wildman–Crippen LogP) is 1.77. The summed E-state index contributed by atoms with van der Waals surface area (Å²) in [5.74, 6) is 12.4. The maximum absolute atomic E-state index is 11.9. The lowest BCUT2D eigenvalue weighted by atomic mass is 9.98. The molecule has 1 fully saturated rings. The monoisotopic (exact) mass is 588 g/mol. The van der Waals surface area contributed by atoms with E-state index in [0.29, 0.717) is 12.8 Å². The lowest BCUT2D eigenvalue weighted by Crippen LogP contribution is -2.63. The third kappa shape index (κ3) is 14.9. The van der Waals surface area contributed by atoms with E-state index in [1.54, 1.807) is 19.1 Å². The molecule has 0 N–H and O–H groups in total. The van der Waals surface area contributed by atoms with E-state index < -0.39 is 66.7 Å². The van der Waals surface area contributed by atoms with Crippen LogP contribution in [0.2, 0.25) is 0 Å². The van der Waals surface area contributed by atoms with E-state index in [4.69, 9.17) is 33.2 Å². The van der Waals surface area contributed by atoms with Gasteiger partial charge in [-0.2, -0.15) is 0 Å². The number of hydrogen-bond donors (Lipinski definition) is 0. The number of esters is 5. The second-order valence-corrected chi connectivity index (χ2v) is 8.83. The van der Waals surface area contributed by atoms with Crippen molar-refractivity contribution in [1.82, 2.24) is 0 Å². The van der Waals surface area contributed by atoms with Crippen molar-refractivity contribution in [1.29, 1.82) is 0 Å². The highest BCUT2D eigenvalue weighted by atomic mass is 16.7. The van der Waals surface area contributed by atoms with E-state index in [2.05, 4.69) is 35.5 Å². The number of carbonyl (C=O) groups is 5. The fraction of sp³-hybridized carbons (Fsp3) is 0.567. The molecule has 6 atom stereocenters. The fourth-order valence-electron chi connectivity index (χ4n) is 3.76. The highest BCUT2D eigenvalue weighted by Gasteiger charge is 2.52. The Morgan fingerprint density at radius 2 is 1.38 bits per heavy atom. The molecule has 0 amide bonds. The van der Waals surface area contributed by atoms with Gasteiger partial charge in [0, 0.05) is 41.0 Å². The number of carbonyl (C=O) groups excluding carboxylic acids is 5. The molecule has 0 bridgehead atoms. The van der Waals surface area contributed by atoms with Gasteiger partial charge < -0.3 is 33.2 Å². The van der Waals surface area contributed by atoms with Gasteiger partial charge in [0.05, 0.1) is 6.61 Å². The summed E-state index contributed by atoms with van der Waals surface area (Å²) in [7, 11) is 0. The molecule has 1 aliphatic rings. The van der Waals surface area contributed by atoms with Gasteiger partial charge in [0.2, 0.25) is 0 Å². The summed E-state index contributed by atoms with van der Waals surface area (Å²) in [6, 6.07) is 0. The minimum Gasteiger partial charge on any atom is -0.463 e. The molecular formula is C30H36O12. The highest BCUT2D eigenvalue weighted by Crippen LogP contribution is 2.30. The summed E-state index contributed by atoms with van der Waals surface area (Å²) in [6.45, 7) is 7.11. The van der Waals surface area contributed by atoms with E-state index in [9.17, 15) is 24.0 Å². The summed E-state index contributed by atoms with van der Waals surface area (Å²) in [5, 5.41) is 0. The summed E-state index contributed by atoms with van der Waals surface area (Å²) in [4.78, 5) is 58.8. The third-order valence-corrected chi connectivity index (χ3v) is 5.24. The minimum atomic E-state index is -1.34. The van der Waals surface area contributed by atoms with Gasteiger partial charge in [-0.1, -0.05) is 17.9 Å². The Bertz CT molecular complexity index is 1170. The molecule has 1 unspecified atom stereocenters. The van der Waals surface area contributed by atoms with Crippen molar-refractivity contribution in [3.05, 3.63) is 12.2 Å². The Morgan fingerprint density at radius 3 is 1.98 bits per heavy atom. The lowest BCUT2D eigenvalue weighted by Gasteiger charge is -2.44. The Morgan fingerprint density at radius 1 is 0.762 bits per heavy atom. The maximum Gasteiger partial charge on any atom is 0.303 e. The van der Waals surface area contributed by atoms with Gasteiger partial charge in [-0.15, -0.1) is 0 Å². The summed E-state index contributed by atoms with van der Waals surface area (Å²) in [5.41, 5.74) is 0. The molecule has 1 saturated heterocycles. The lowest BCUT2D eigenvalue weighted by molar-refractivity contribution is -0.308. The molecule has 0 aromatic heterocycles. The molecule has 228 valence electrons. The molecule has 0 radical (unpaired) electrons. The van der Waals surface area contributed by atoms with Crippen molar-refractivity contribution in [2.45, 2.75) is 97.6 Å². The Balaban J connectivity index is 3.05. The van der Waals surface area contributed by atoms with Crippen LogP contribution in [0, 0.1) is 35.5 Å². The van der Waals surface area contributed by atoms with Crippen molar-refractivity contribution < 1.29 is 57.1 Å². The second-order valence-electron chi connectivity index (χ2n) is 8.83. The Kier molecular flexibility index (Phi) is 16.8. The molecule has 12 heteroatoms. The molecule has 42 heavy (non-hydrogen) atoms. The van der Waals surface area contributed by atoms with Gasteiger partial charge in [-0.25, -0.2) is 0 Å². The number of hydrogen-bond acceptors (Lipinski definition) is 12. The molecule has 1 rings (SSSR count). The molecule has 12 nitrogen and oxygen atoms in total. The Hall–Kier alpha value is -4.31. The van der Waals surface area contributed by atoms with E-state index in [1.165, 1.54) is 13.8 Å². The van der Waals surface area contributed by atoms with Crippen LogP contribution in [0.5, 0.6) is 0 Å². The fourth-order valence-corrected chi connectivity index (χ4v) is 3.76. The summed E-state index contributed by atoms with van der Waals surface area (Å²) < 4.78 is 38.3. The van der Waals surface area contributed by atoms with Gasteiger partial charge in [0.25, 0.3) is 0 Å². The first-order chi connectivity index (χ1) is 19.9. The van der Waals surface area contributed by atoms with Gasteiger partial charge in [0.1, 0.15) is 18.8 Å². The van der Waals surface area contributed by atoms with Gasteiger partial charge >= 0.3 is 29.8 Å². The van der Waals surface area contributed by atoms with Crippen LogP contribution in [0.1, 0.15) is 60.8 Å². The maximum atomic E-state index is 11.9. The molecule has 1 aliphatic heterocycles. The first-order valence-corrected chi connectivity index (χ1v) is 13.1. The largest absolute Gasteiger partial charge is 0.463 e. The zero-order chi connectivity index (χ0) is 31.5. The SMILES string of the molecule is CC#CC#CC#C/C=C/CCC(CCO[C@@H]1O[C@H](COC(C)=O)[C@@H](OC(C)=O)[C@H](OC(C)=O)[C@H]1OC(C)=O)OC(C)=O. The molecular weight excluding hydrogens is 552 g/mol. The van der Waals surface area contributed by atoms with Crippen LogP contribution in [0.25, 0.3) is 0 Å². The third-order valence-electron chi connectivity index (χ3n) is 5.24. The minimum absolute atomic E-state index is 0.0384. The van der Waals surface area contributed by atoms with Crippen molar-refractivity contribution in [3.8, 4) is 35.5 Å². The van der Waals surface area contributed by atoms with Crippen LogP contribution in [0.4, 0.5) is 0 Å². The number of ether oxygens (including phenoxy) is 7. The zero-order valence-electron chi connectivity index (χ0n) is 24.6. The van der Waals surface area contributed by atoms with Gasteiger partial charge in [-0.3, -0.25) is 24.0 Å². The topological polar surface area (TPSA) is 150 Å². The molecule has 1 heterocycles. The van der Waals surface area contributed by atoms with Crippen LogP contribution in [0.15, 0.2) is 12.2 Å². The van der Waals surface area contributed by atoms with E-state index in [0.717, 1.165) is 20.8 Å². The number of rotatable bonds is 13. The van der Waals surface area contributed by atoms with Crippen LogP contribution in [-0.2, 0) is 57.1 Å². The van der Waals surface area contributed by atoms with Crippen molar-refractivity contribution >= 4 is 29.8 Å². The van der Waals surface area contributed by atoms with Crippen LogP contribution in [-0.4, -0.2) is 79.9 Å². The van der Waals surface area contributed by atoms with Crippen molar-refractivity contribution in [2.75, 3.05) is 13.2 Å². The first-order valence-electron chi connectivity index (χ1n) is 13.1. The van der Waals surface area contributed by atoms with Crippen molar-refractivity contribution in [2.24, 2.45) is 0 Å². The predicted molar refractivity (Wildman–Crippen MR) is 145 cm³/mol. The summed E-state index contributed by atoms with van der Waals surface area (Å²) >= 11 is 0. The molecule has 0 aliphatic carbocycles. The zero-order valence-corrected chi connectivity index (χ0v) is 24.6. The highest BCUT2D eigenvalue weighted by molar-refractivity contribution is 5.69. The smallest absolute Gasteiger partial charge is 0.303 e. The standard InChI is InChI=1S/C30H36O12/c1-7-8-9-10-11-12-13-14-15-16-25(38-21(3)32)17-18-36-30-29(41-24(6)35)28(40-23(5)34)27(39-22(4)33)26(42-30)19-37-20(2)31/h13-14,25-30H,15-19H2,1-6H3/b14-13+/t25?,26-,27-,28+,29-,30-/m1/s1. The second kappa shape index (κ2) is 19.7.